The van der Waals surface area contributed by atoms with Crippen molar-refractivity contribution in [2.24, 2.45) is 0 Å². The summed E-state index contributed by atoms with van der Waals surface area (Å²) >= 11 is 0. The summed E-state index contributed by atoms with van der Waals surface area (Å²) in [5.74, 6) is 1.51. The largest absolute Gasteiger partial charge is 0.322 e. The Morgan fingerprint density at radius 2 is 1.18 bits per heavy atom. The standard InChI is InChI=1S/C36H32N8/c1-25-37-34-32(22-20-26-12-4-2-5-13-26)38-39-33(23-21-27-14-6-3-7-15-27)35(34)44(25)24-28-16-8-9-17-29(28)30-18-10-11-19-31(30)36-40-42-43-41-36/h2-19H,20-24H2,1H3,(H,40,41,42,43). The van der Waals surface area contributed by atoms with Gasteiger partial charge in [0.05, 0.1) is 23.4 Å². The zero-order valence-electron chi connectivity index (χ0n) is 24.6. The Hall–Kier alpha value is -5.50. The van der Waals surface area contributed by atoms with Crippen molar-refractivity contribution in [3.63, 3.8) is 0 Å². The Balaban J connectivity index is 1.30. The van der Waals surface area contributed by atoms with E-state index >= 15 is 0 Å². The van der Waals surface area contributed by atoms with Gasteiger partial charge in [-0.25, -0.2) is 4.98 Å². The molecular formula is C36H32N8. The van der Waals surface area contributed by atoms with Gasteiger partial charge in [0.1, 0.15) is 11.3 Å². The lowest BCUT2D eigenvalue weighted by Crippen LogP contribution is -2.09. The van der Waals surface area contributed by atoms with Crippen molar-refractivity contribution < 1.29 is 0 Å². The molecule has 4 aromatic carbocycles. The molecule has 0 aliphatic rings. The predicted octanol–water partition coefficient (Wildman–Crippen LogP) is 6.60. The molecule has 0 unspecified atom stereocenters. The number of aromatic amines is 1. The summed E-state index contributed by atoms with van der Waals surface area (Å²) in [5.41, 5.74) is 10.7. The number of nitrogens with zero attached hydrogens (tertiary/aromatic N) is 7. The number of aryl methyl sites for hydroxylation is 5. The van der Waals surface area contributed by atoms with Crippen LogP contribution in [0.1, 0.15) is 33.9 Å². The Kier molecular flexibility index (Phi) is 7.70. The maximum Gasteiger partial charge on any atom is 0.205 e. The Morgan fingerprint density at radius 3 is 1.86 bits per heavy atom. The number of benzene rings is 4. The van der Waals surface area contributed by atoms with Crippen LogP contribution in [-0.2, 0) is 32.2 Å². The van der Waals surface area contributed by atoms with Gasteiger partial charge in [-0.05, 0) is 65.6 Å². The number of aromatic nitrogens is 8. The number of hydrogen-bond acceptors (Lipinski definition) is 6. The van der Waals surface area contributed by atoms with Gasteiger partial charge in [-0.3, -0.25) is 0 Å². The molecule has 0 aliphatic heterocycles. The van der Waals surface area contributed by atoms with Crippen LogP contribution >= 0.6 is 0 Å². The van der Waals surface area contributed by atoms with E-state index in [1.165, 1.54) is 16.7 Å². The molecule has 0 fully saturated rings. The van der Waals surface area contributed by atoms with E-state index in [0.29, 0.717) is 12.4 Å². The second kappa shape index (κ2) is 12.4. The van der Waals surface area contributed by atoms with Gasteiger partial charge in [0.15, 0.2) is 0 Å². The first-order valence-corrected chi connectivity index (χ1v) is 14.9. The number of H-pyrrole nitrogens is 1. The van der Waals surface area contributed by atoms with Gasteiger partial charge >= 0.3 is 0 Å². The molecule has 0 aliphatic carbocycles. The van der Waals surface area contributed by atoms with Crippen molar-refractivity contribution in [1.82, 2.24) is 40.4 Å². The highest BCUT2D eigenvalue weighted by atomic mass is 15.5. The molecule has 44 heavy (non-hydrogen) atoms. The average molecular weight is 577 g/mol. The van der Waals surface area contributed by atoms with E-state index < -0.39 is 0 Å². The van der Waals surface area contributed by atoms with Gasteiger partial charge in [-0.1, -0.05) is 109 Å². The maximum absolute atomic E-state index is 5.13. The number of fused-ring (bicyclic) bond motifs is 1. The second-order valence-electron chi connectivity index (χ2n) is 10.9. The molecule has 0 amide bonds. The summed E-state index contributed by atoms with van der Waals surface area (Å²) in [5, 5.41) is 24.5. The molecule has 0 saturated heterocycles. The van der Waals surface area contributed by atoms with E-state index in [4.69, 9.17) is 15.2 Å². The van der Waals surface area contributed by atoms with Crippen LogP contribution in [0, 0.1) is 6.92 Å². The molecule has 8 nitrogen and oxygen atoms in total. The summed E-state index contributed by atoms with van der Waals surface area (Å²) in [4.78, 5) is 5.13. The third kappa shape index (κ3) is 5.62. The maximum atomic E-state index is 5.13. The van der Waals surface area contributed by atoms with Gasteiger partial charge in [-0.2, -0.15) is 15.4 Å². The fourth-order valence-corrected chi connectivity index (χ4v) is 5.90. The number of nitrogens with one attached hydrogen (secondary N) is 1. The fraction of sp³-hybridized carbons (Fsp3) is 0.167. The van der Waals surface area contributed by atoms with E-state index in [2.05, 4.69) is 117 Å². The monoisotopic (exact) mass is 576 g/mol. The lowest BCUT2D eigenvalue weighted by Gasteiger charge is -2.15. The quantitative estimate of drug-likeness (QED) is 0.197. The summed E-state index contributed by atoms with van der Waals surface area (Å²) in [6, 6.07) is 37.8. The van der Waals surface area contributed by atoms with Crippen molar-refractivity contribution in [2.45, 2.75) is 39.2 Å². The molecule has 216 valence electrons. The fourth-order valence-electron chi connectivity index (χ4n) is 5.90. The third-order valence-electron chi connectivity index (χ3n) is 8.13. The summed E-state index contributed by atoms with van der Waals surface area (Å²) < 4.78 is 2.31. The zero-order valence-corrected chi connectivity index (χ0v) is 24.6. The SMILES string of the molecule is Cc1nc2c(CCc3ccccc3)nnc(CCc3ccccc3)c2n1Cc1ccccc1-c1ccccc1-c1nn[nH]n1. The summed E-state index contributed by atoms with van der Waals surface area (Å²) in [7, 11) is 0. The molecule has 3 heterocycles. The van der Waals surface area contributed by atoms with Crippen molar-refractivity contribution in [3.8, 4) is 22.5 Å². The molecule has 0 bridgehead atoms. The van der Waals surface area contributed by atoms with Crippen molar-refractivity contribution in [3.05, 3.63) is 143 Å². The minimum atomic E-state index is 0.571. The molecule has 1 N–H and O–H groups in total. The van der Waals surface area contributed by atoms with Gasteiger partial charge in [0, 0.05) is 5.56 Å². The minimum absolute atomic E-state index is 0.571. The van der Waals surface area contributed by atoms with Crippen LogP contribution in [0.4, 0.5) is 0 Å². The highest BCUT2D eigenvalue weighted by Gasteiger charge is 2.20. The molecule has 0 saturated carbocycles. The van der Waals surface area contributed by atoms with Gasteiger partial charge < -0.3 is 4.57 Å². The van der Waals surface area contributed by atoms with Crippen LogP contribution in [-0.4, -0.2) is 40.4 Å². The van der Waals surface area contributed by atoms with Crippen LogP contribution in [0.25, 0.3) is 33.5 Å². The molecule has 3 aromatic heterocycles. The van der Waals surface area contributed by atoms with Gasteiger partial charge in [0.2, 0.25) is 5.82 Å². The van der Waals surface area contributed by atoms with Gasteiger partial charge in [0.25, 0.3) is 0 Å². The Bertz CT molecular complexity index is 2000. The first-order valence-electron chi connectivity index (χ1n) is 14.9. The number of tetrazole rings is 1. The number of hydrogen-bond donors (Lipinski definition) is 1. The minimum Gasteiger partial charge on any atom is -0.322 e. The third-order valence-corrected chi connectivity index (χ3v) is 8.13. The number of imidazole rings is 1. The van der Waals surface area contributed by atoms with E-state index in [0.717, 1.165) is 70.6 Å². The van der Waals surface area contributed by atoms with E-state index in [1.807, 2.05) is 24.3 Å². The lowest BCUT2D eigenvalue weighted by molar-refractivity contribution is 0.767. The molecule has 7 aromatic rings. The highest BCUT2D eigenvalue weighted by molar-refractivity contribution is 5.83. The average Bonchev–Trinajstić information content (AvgIpc) is 3.73. The van der Waals surface area contributed by atoms with Crippen molar-refractivity contribution in [2.75, 3.05) is 0 Å². The Morgan fingerprint density at radius 1 is 0.591 bits per heavy atom. The van der Waals surface area contributed by atoms with Crippen LogP contribution in [0.5, 0.6) is 0 Å². The van der Waals surface area contributed by atoms with Crippen LogP contribution < -0.4 is 0 Å². The molecular weight excluding hydrogens is 544 g/mol. The number of rotatable bonds is 10. The van der Waals surface area contributed by atoms with Gasteiger partial charge in [-0.15, -0.1) is 10.2 Å². The van der Waals surface area contributed by atoms with Crippen molar-refractivity contribution in [1.29, 1.82) is 0 Å². The van der Waals surface area contributed by atoms with Crippen LogP contribution in [0.3, 0.4) is 0 Å². The molecule has 0 radical (unpaired) electrons. The Labute approximate surface area is 255 Å². The predicted molar refractivity (Wildman–Crippen MR) is 172 cm³/mol. The van der Waals surface area contributed by atoms with E-state index in [1.54, 1.807) is 0 Å². The lowest BCUT2D eigenvalue weighted by atomic mass is 9.95. The smallest absolute Gasteiger partial charge is 0.205 e. The molecule has 7 rings (SSSR count). The highest BCUT2D eigenvalue weighted by Crippen LogP contribution is 2.33. The van der Waals surface area contributed by atoms with E-state index in [9.17, 15) is 0 Å². The van der Waals surface area contributed by atoms with Crippen molar-refractivity contribution >= 4 is 11.0 Å². The molecule has 0 spiro atoms. The van der Waals surface area contributed by atoms with Crippen LogP contribution in [0.2, 0.25) is 0 Å². The van der Waals surface area contributed by atoms with E-state index in [-0.39, 0.29) is 0 Å². The first-order chi connectivity index (χ1) is 21.7. The molecule has 8 heteroatoms. The zero-order chi connectivity index (χ0) is 29.7. The summed E-state index contributed by atoms with van der Waals surface area (Å²) in [6.45, 7) is 2.72. The van der Waals surface area contributed by atoms with Crippen LogP contribution in [0.15, 0.2) is 109 Å². The summed E-state index contributed by atoms with van der Waals surface area (Å²) in [6.07, 6.45) is 3.32. The second-order valence-corrected chi connectivity index (χ2v) is 10.9. The topological polar surface area (TPSA) is 98.1 Å². The first kappa shape index (κ1) is 27.3. The molecule has 0 atom stereocenters. The normalized spacial score (nSPS) is 11.3.